The van der Waals surface area contributed by atoms with E-state index in [2.05, 4.69) is 22.5 Å². The molecule has 62 heavy (non-hydrogen) atoms. The third kappa shape index (κ3) is 10.6. The van der Waals surface area contributed by atoms with Gasteiger partial charge < -0.3 is 44.5 Å². The first-order valence-corrected chi connectivity index (χ1v) is 23.9. The number of nitrogens with one attached hydrogen (secondary N) is 3. The molecular weight excluding hydrogens is 840 g/mol. The highest BCUT2D eigenvalue weighted by Crippen LogP contribution is 2.70. The second kappa shape index (κ2) is 19.2. The van der Waals surface area contributed by atoms with Crippen molar-refractivity contribution in [1.82, 2.24) is 25.5 Å². The molecule has 3 aliphatic rings. The van der Waals surface area contributed by atoms with Crippen molar-refractivity contribution in [2.24, 2.45) is 11.3 Å². The monoisotopic (exact) mass is 898 g/mol. The molecule has 19 heteroatoms. The van der Waals surface area contributed by atoms with E-state index >= 15 is 0 Å². The summed E-state index contributed by atoms with van der Waals surface area (Å²) in [5.74, 6) is -0.538. The zero-order chi connectivity index (χ0) is 45.0. The number of benzene rings is 1. The molecule has 1 saturated heterocycles. The molecule has 3 heterocycles. The molecule has 2 aliphatic carbocycles. The molecule has 1 aliphatic heterocycles. The minimum atomic E-state index is -3.77. The van der Waals surface area contributed by atoms with Crippen LogP contribution in [0.3, 0.4) is 0 Å². The number of anilines is 1. The summed E-state index contributed by atoms with van der Waals surface area (Å²) < 4.78 is 47.6. The number of methoxy groups -OCH3 is 1. The van der Waals surface area contributed by atoms with Gasteiger partial charge in [-0.15, -0.1) is 17.9 Å². The average molecular weight is 899 g/mol. The summed E-state index contributed by atoms with van der Waals surface area (Å²) in [6.45, 7) is 15.7. The molecule has 6 atom stereocenters. The molecular formula is C43H59N6O11PS. The minimum absolute atomic E-state index is 0.0328. The minimum Gasteiger partial charge on any atom is -0.497 e. The number of alkyl carbamates (subject to hydrolysis) is 1. The van der Waals surface area contributed by atoms with Crippen molar-refractivity contribution in [3.8, 4) is 22.9 Å². The van der Waals surface area contributed by atoms with Gasteiger partial charge in [-0.05, 0) is 70.4 Å². The highest BCUT2D eigenvalue weighted by molar-refractivity contribution is 7.60. The molecule has 0 bridgehead atoms. The van der Waals surface area contributed by atoms with Gasteiger partial charge in [0.1, 0.15) is 46.8 Å². The van der Waals surface area contributed by atoms with E-state index < -0.39 is 73.0 Å². The lowest BCUT2D eigenvalue weighted by molar-refractivity contribution is -0.142. The number of likely N-dealkylation sites (tertiary alicyclic amines) is 1. The van der Waals surface area contributed by atoms with Gasteiger partial charge >= 0.3 is 12.2 Å². The Labute approximate surface area is 366 Å². The zero-order valence-corrected chi connectivity index (χ0v) is 38.4. The Kier molecular flexibility index (Phi) is 14.4. The molecule has 1 unspecified atom stereocenters. The molecule has 1 aromatic carbocycles. The van der Waals surface area contributed by atoms with Crippen molar-refractivity contribution in [2.75, 3.05) is 39.0 Å². The fourth-order valence-corrected chi connectivity index (χ4v) is 10.8. The predicted octanol–water partition coefficient (Wildman–Crippen LogP) is 7.69. The Morgan fingerprint density at radius 2 is 1.82 bits per heavy atom. The predicted molar refractivity (Wildman–Crippen MR) is 235 cm³/mol. The number of carbonyl (C=O) groups excluding carboxylic acids is 4. The number of fused-ring (bicyclic) bond motifs is 1. The van der Waals surface area contributed by atoms with E-state index in [0.29, 0.717) is 33.8 Å². The number of pyridine rings is 1. The van der Waals surface area contributed by atoms with Gasteiger partial charge in [0, 0.05) is 47.9 Å². The second-order valence-corrected chi connectivity index (χ2v) is 20.9. The van der Waals surface area contributed by atoms with E-state index in [1.807, 2.05) is 46.1 Å². The summed E-state index contributed by atoms with van der Waals surface area (Å²) >= 11 is 1.45. The first-order valence-electron chi connectivity index (χ1n) is 21.0. The van der Waals surface area contributed by atoms with Gasteiger partial charge in [0.2, 0.25) is 26.0 Å². The fraction of sp³-hybridized carbons (Fsp3) is 0.581. The number of rotatable bonds is 17. The largest absolute Gasteiger partial charge is 0.510 e. The van der Waals surface area contributed by atoms with Crippen LogP contribution in [0.15, 0.2) is 42.3 Å². The van der Waals surface area contributed by atoms with Gasteiger partial charge in [-0.2, -0.15) is 0 Å². The summed E-state index contributed by atoms with van der Waals surface area (Å²) in [6.07, 6.45) is 2.58. The number of aromatic nitrogens is 2. The third-order valence-electron chi connectivity index (χ3n) is 11.3. The topological polar surface area (TPSA) is 206 Å². The number of amides is 3. The van der Waals surface area contributed by atoms with Gasteiger partial charge in [0.15, 0.2) is 5.13 Å². The van der Waals surface area contributed by atoms with Gasteiger partial charge in [-0.25, -0.2) is 19.6 Å². The van der Waals surface area contributed by atoms with E-state index in [9.17, 15) is 23.7 Å². The lowest BCUT2D eigenvalue weighted by Crippen LogP contribution is -2.58. The second-order valence-electron chi connectivity index (χ2n) is 17.3. The van der Waals surface area contributed by atoms with E-state index in [-0.39, 0.29) is 38.1 Å². The molecule has 0 spiro atoms. The van der Waals surface area contributed by atoms with Crippen LogP contribution in [0.2, 0.25) is 0 Å². The van der Waals surface area contributed by atoms with Crippen molar-refractivity contribution in [3.63, 3.8) is 0 Å². The number of hydrogen-bond donors (Lipinski definition) is 3. The summed E-state index contributed by atoms with van der Waals surface area (Å²) in [5.41, 5.74) is 0.943. The Morgan fingerprint density at radius 3 is 2.47 bits per heavy atom. The van der Waals surface area contributed by atoms with Crippen LogP contribution in [0.4, 0.5) is 14.7 Å². The van der Waals surface area contributed by atoms with Crippen molar-refractivity contribution in [2.45, 2.75) is 116 Å². The number of thiazole rings is 1. The average Bonchev–Trinajstić information content (AvgIpc) is 3.61. The van der Waals surface area contributed by atoms with E-state index in [1.165, 1.54) is 22.9 Å². The van der Waals surface area contributed by atoms with Crippen molar-refractivity contribution in [3.05, 3.63) is 42.3 Å². The van der Waals surface area contributed by atoms with Crippen LogP contribution in [-0.2, 0) is 32.9 Å². The Morgan fingerprint density at radius 1 is 1.08 bits per heavy atom. The lowest BCUT2D eigenvalue weighted by Gasteiger charge is -2.36. The van der Waals surface area contributed by atoms with Gasteiger partial charge in [0.05, 0.1) is 31.5 Å². The molecule has 3 N–H and O–H groups in total. The number of nitrogens with zero attached hydrogens (tertiary/aromatic N) is 3. The van der Waals surface area contributed by atoms with Crippen LogP contribution >= 0.6 is 18.7 Å². The molecule has 3 fully saturated rings. The van der Waals surface area contributed by atoms with E-state index in [0.717, 1.165) is 30.8 Å². The molecule has 2 saturated carbocycles. The molecule has 2 aromatic heterocycles. The first kappa shape index (κ1) is 46.6. The van der Waals surface area contributed by atoms with Crippen molar-refractivity contribution < 1.29 is 52.0 Å². The Balaban J connectivity index is 1.32. The summed E-state index contributed by atoms with van der Waals surface area (Å²) in [4.78, 5) is 65.7. The normalized spacial score (nSPS) is 22.7. The molecule has 17 nitrogen and oxygen atoms in total. The third-order valence-corrected chi connectivity index (χ3v) is 14.8. The van der Waals surface area contributed by atoms with E-state index in [4.69, 9.17) is 38.2 Å². The molecule has 3 aromatic rings. The van der Waals surface area contributed by atoms with Crippen LogP contribution in [0, 0.1) is 11.3 Å². The summed E-state index contributed by atoms with van der Waals surface area (Å²) in [5, 5.41) is 11.0. The van der Waals surface area contributed by atoms with Crippen LogP contribution in [0.5, 0.6) is 11.5 Å². The quantitative estimate of drug-likeness (QED) is 0.0514. The number of carbonyl (C=O) groups is 4. The maximum atomic E-state index is 14.9. The lowest BCUT2D eigenvalue weighted by atomic mass is 9.85. The first-order chi connectivity index (χ1) is 29.4. The maximum absolute atomic E-state index is 14.9. The number of ether oxygens (including phenoxy) is 5. The SMILES string of the molecule is C=C[C@@H]1C[C@]1(NC(=O)[C@@H]1C[C@@H](Oc2cc(-c3csc(NC(C)C)n3)nc3cc(OC)ccc23)CN1C(=O)[C@@H](NC(=O)OC1CCCC1)C(C)(C)C)P(C)(=O)OCOC(=O)OCC. The standard InChI is InChI=1S/C43H59N6O11PS/c1-10-26-21-43(26,61(9,54)58-24-57-41(53)56-11-2)48-37(50)34-19-29(22-49(34)38(51)36(42(5,6)7)47-40(52)60-27-14-12-13-15-27)59-35-20-32(33-23-62-39(46-33)44-25(3)4)45-31-18-28(55-8)16-17-30(31)35/h10,16-18,20,23,25-27,29,34,36H,1,11-15,19,21-22,24H2,2-9H3,(H,44,46)(H,47,52)(H,48,50)/t26-,29-,34+,36-,43+,61?/m1/s1. The molecule has 338 valence electrons. The molecule has 6 rings (SSSR count). The zero-order valence-electron chi connectivity index (χ0n) is 36.7. The number of hydrogen-bond acceptors (Lipinski definition) is 15. The Hall–Kier alpha value is -4.93. The smallest absolute Gasteiger partial charge is 0.497 e. The highest BCUT2D eigenvalue weighted by atomic mass is 32.1. The fourth-order valence-electron chi connectivity index (χ4n) is 7.93. The summed E-state index contributed by atoms with van der Waals surface area (Å²) in [7, 11) is -2.20. The highest BCUT2D eigenvalue weighted by Gasteiger charge is 2.65. The van der Waals surface area contributed by atoms with Crippen molar-refractivity contribution >= 4 is 58.8 Å². The van der Waals surface area contributed by atoms with Gasteiger partial charge in [-0.3, -0.25) is 18.7 Å². The van der Waals surface area contributed by atoms with Crippen LogP contribution < -0.4 is 25.4 Å². The van der Waals surface area contributed by atoms with E-state index in [1.54, 1.807) is 38.3 Å². The van der Waals surface area contributed by atoms with Crippen molar-refractivity contribution in [1.29, 1.82) is 0 Å². The molecule has 3 amide bonds. The van der Waals surface area contributed by atoms with Crippen LogP contribution in [0.25, 0.3) is 22.3 Å². The van der Waals surface area contributed by atoms with Gasteiger partial charge in [0.25, 0.3) is 0 Å². The van der Waals surface area contributed by atoms with Gasteiger partial charge in [-0.1, -0.05) is 26.8 Å². The van der Waals surface area contributed by atoms with Crippen LogP contribution in [0.1, 0.15) is 80.1 Å². The Bertz CT molecular complexity index is 2190. The summed E-state index contributed by atoms with van der Waals surface area (Å²) in [6, 6.07) is 5.15. The molecule has 0 radical (unpaired) electrons. The van der Waals surface area contributed by atoms with Crippen LogP contribution in [-0.4, -0.2) is 108 Å². The maximum Gasteiger partial charge on any atom is 0.510 e.